The number of unbranched alkanes of at least 4 members (excludes halogenated alkanes) is 10. The zero-order chi connectivity index (χ0) is 23.2. The molecular formula is C23H42NO6+. The summed E-state index contributed by atoms with van der Waals surface area (Å²) in [7, 11) is 0. The maximum atomic E-state index is 11.7. The molecule has 0 saturated heterocycles. The van der Waals surface area contributed by atoms with E-state index in [0.29, 0.717) is 6.42 Å². The quantitative estimate of drug-likeness (QED) is 0.208. The van der Waals surface area contributed by atoms with Gasteiger partial charge < -0.3 is 15.3 Å². The van der Waals surface area contributed by atoms with Gasteiger partial charge in [0.1, 0.15) is 0 Å². The lowest BCUT2D eigenvalue weighted by Crippen LogP contribution is -2.67. The van der Waals surface area contributed by atoms with Gasteiger partial charge in [-0.15, -0.1) is 0 Å². The molecule has 0 aromatic heterocycles. The van der Waals surface area contributed by atoms with Crippen molar-refractivity contribution in [2.75, 3.05) is 0 Å². The van der Waals surface area contributed by atoms with Crippen molar-refractivity contribution in [2.24, 2.45) is 0 Å². The zero-order valence-corrected chi connectivity index (χ0v) is 19.2. The van der Waals surface area contributed by atoms with Gasteiger partial charge in [-0.2, -0.15) is 0 Å². The Balaban J connectivity index is 4.85. The van der Waals surface area contributed by atoms with Gasteiger partial charge in [0.2, 0.25) is 0 Å². The van der Waals surface area contributed by atoms with Crippen molar-refractivity contribution in [3.63, 3.8) is 0 Å². The van der Waals surface area contributed by atoms with Crippen LogP contribution in [-0.2, 0) is 14.4 Å². The molecule has 0 bridgehead atoms. The van der Waals surface area contributed by atoms with Gasteiger partial charge in [-0.05, 0) is 39.7 Å². The lowest BCUT2D eigenvalue weighted by molar-refractivity contribution is -0.922. The number of rotatable bonds is 18. The summed E-state index contributed by atoms with van der Waals surface area (Å²) in [5, 5.41) is 28.6. The van der Waals surface area contributed by atoms with Gasteiger partial charge >= 0.3 is 17.9 Å². The normalized spacial score (nSPS) is 16.7. The first-order valence-electron chi connectivity index (χ1n) is 11.4. The standard InChI is InChI=1S/C23H41NO6/c1-5-6-7-8-9-10-11-12-13-14-15-16-17-24(18(2)21(25)26,19(3)22(27)28)20(4)23(29)30/h16-20H,5-15H2,1-4H3,(H2-,25,26,27,28,29,30)/p+1/b17-16+. The second kappa shape index (κ2) is 15.0. The molecule has 0 aliphatic carbocycles. The highest BCUT2D eigenvalue weighted by atomic mass is 16.4. The maximum Gasteiger partial charge on any atom is 0.362 e. The summed E-state index contributed by atoms with van der Waals surface area (Å²) in [5.41, 5.74) is 0. The number of hydrogen-bond donors (Lipinski definition) is 3. The molecule has 0 aromatic carbocycles. The number of quaternary nitrogens is 1. The second-order valence-corrected chi connectivity index (χ2v) is 8.29. The largest absolute Gasteiger partial charge is 0.477 e. The molecule has 0 fully saturated rings. The van der Waals surface area contributed by atoms with Gasteiger partial charge in [0.15, 0.2) is 18.1 Å². The minimum Gasteiger partial charge on any atom is -0.477 e. The van der Waals surface area contributed by atoms with Crippen molar-refractivity contribution in [1.29, 1.82) is 0 Å². The molecule has 0 radical (unpaired) electrons. The summed E-state index contributed by atoms with van der Waals surface area (Å²) in [6, 6.07) is -3.61. The van der Waals surface area contributed by atoms with Crippen LogP contribution in [0.3, 0.4) is 0 Å². The summed E-state index contributed by atoms with van der Waals surface area (Å²) < 4.78 is -0.655. The van der Waals surface area contributed by atoms with Crippen LogP contribution in [0.4, 0.5) is 0 Å². The van der Waals surface area contributed by atoms with Gasteiger partial charge in [0.25, 0.3) is 0 Å². The average molecular weight is 429 g/mol. The number of carbonyl (C=O) groups is 3. The number of aliphatic carboxylic acids is 3. The Bertz CT molecular complexity index is 510. The van der Waals surface area contributed by atoms with E-state index in [4.69, 9.17) is 0 Å². The number of carboxylic acids is 3. The minimum absolute atomic E-state index is 0.655. The van der Waals surface area contributed by atoms with Crippen LogP contribution in [0.15, 0.2) is 12.3 Å². The Kier molecular flexibility index (Phi) is 14.0. The molecule has 0 amide bonds. The third-order valence-corrected chi connectivity index (χ3v) is 6.17. The van der Waals surface area contributed by atoms with Crippen LogP contribution in [0.2, 0.25) is 0 Å². The van der Waals surface area contributed by atoms with Crippen LogP contribution in [-0.4, -0.2) is 55.8 Å². The van der Waals surface area contributed by atoms with Crippen molar-refractivity contribution in [1.82, 2.24) is 0 Å². The van der Waals surface area contributed by atoms with E-state index >= 15 is 0 Å². The zero-order valence-electron chi connectivity index (χ0n) is 19.2. The van der Waals surface area contributed by atoms with Gasteiger partial charge in [-0.25, -0.2) is 14.4 Å². The average Bonchev–Trinajstić information content (AvgIpc) is 2.70. The lowest BCUT2D eigenvalue weighted by atomic mass is 10.0. The molecule has 0 spiro atoms. The third-order valence-electron chi connectivity index (χ3n) is 6.17. The van der Waals surface area contributed by atoms with Crippen LogP contribution in [0.1, 0.15) is 98.3 Å². The predicted molar refractivity (Wildman–Crippen MR) is 117 cm³/mol. The van der Waals surface area contributed by atoms with Crippen molar-refractivity contribution >= 4 is 17.9 Å². The van der Waals surface area contributed by atoms with Crippen LogP contribution in [0.25, 0.3) is 0 Å². The molecule has 7 heteroatoms. The van der Waals surface area contributed by atoms with Crippen molar-refractivity contribution in [3.05, 3.63) is 12.3 Å². The molecule has 0 aliphatic rings. The summed E-state index contributed by atoms with van der Waals surface area (Å²) in [6.45, 7) is 6.31. The lowest BCUT2D eigenvalue weighted by Gasteiger charge is -2.44. The van der Waals surface area contributed by atoms with Crippen molar-refractivity contribution in [2.45, 2.75) is 116 Å². The van der Waals surface area contributed by atoms with E-state index in [1.807, 2.05) is 0 Å². The monoisotopic (exact) mass is 428 g/mol. The van der Waals surface area contributed by atoms with E-state index in [1.165, 1.54) is 71.9 Å². The Morgan fingerprint density at radius 2 is 1.00 bits per heavy atom. The van der Waals surface area contributed by atoms with Gasteiger partial charge in [0, 0.05) is 0 Å². The van der Waals surface area contributed by atoms with E-state index < -0.39 is 40.5 Å². The summed E-state index contributed by atoms with van der Waals surface area (Å²) >= 11 is 0. The Morgan fingerprint density at radius 1 is 0.667 bits per heavy atom. The molecule has 3 atom stereocenters. The fourth-order valence-electron chi connectivity index (χ4n) is 3.97. The van der Waals surface area contributed by atoms with Crippen LogP contribution in [0.5, 0.6) is 0 Å². The highest BCUT2D eigenvalue weighted by Gasteiger charge is 2.51. The molecule has 0 saturated carbocycles. The third kappa shape index (κ3) is 8.86. The number of allylic oxidation sites excluding steroid dienone is 1. The fourth-order valence-corrected chi connectivity index (χ4v) is 3.97. The maximum absolute atomic E-state index is 11.7. The number of nitrogens with zero attached hydrogens (tertiary/aromatic N) is 1. The molecule has 0 rings (SSSR count). The van der Waals surface area contributed by atoms with Gasteiger partial charge in [-0.1, -0.05) is 64.7 Å². The summed E-state index contributed by atoms with van der Waals surface area (Å²) in [6.07, 6.45) is 16.0. The molecule has 3 unspecified atom stereocenters. The van der Waals surface area contributed by atoms with E-state index in [-0.39, 0.29) is 0 Å². The van der Waals surface area contributed by atoms with E-state index in [0.717, 1.165) is 19.3 Å². The van der Waals surface area contributed by atoms with E-state index in [9.17, 15) is 29.7 Å². The van der Waals surface area contributed by atoms with Crippen molar-refractivity contribution < 1.29 is 34.2 Å². The van der Waals surface area contributed by atoms with E-state index in [1.54, 1.807) is 6.08 Å². The minimum atomic E-state index is -1.22. The number of hydrogen-bond acceptors (Lipinski definition) is 3. The first-order valence-corrected chi connectivity index (χ1v) is 11.4. The number of carboxylic acid groups (broad SMARTS) is 3. The fraction of sp³-hybridized carbons (Fsp3) is 0.783. The molecular weight excluding hydrogens is 386 g/mol. The van der Waals surface area contributed by atoms with Crippen LogP contribution < -0.4 is 0 Å². The molecule has 7 nitrogen and oxygen atoms in total. The van der Waals surface area contributed by atoms with Crippen LogP contribution >= 0.6 is 0 Å². The summed E-state index contributed by atoms with van der Waals surface area (Å²) in [4.78, 5) is 35.0. The van der Waals surface area contributed by atoms with Crippen LogP contribution in [0, 0.1) is 0 Å². The van der Waals surface area contributed by atoms with Gasteiger partial charge in [-0.3, -0.25) is 4.48 Å². The topological polar surface area (TPSA) is 112 Å². The molecule has 0 aliphatic heterocycles. The summed E-state index contributed by atoms with van der Waals surface area (Å²) in [5.74, 6) is -3.67. The van der Waals surface area contributed by atoms with E-state index in [2.05, 4.69) is 6.92 Å². The van der Waals surface area contributed by atoms with Gasteiger partial charge in [0.05, 0.1) is 6.20 Å². The Labute approximate surface area is 181 Å². The first-order chi connectivity index (χ1) is 14.1. The molecule has 30 heavy (non-hydrogen) atoms. The molecule has 3 N–H and O–H groups in total. The Morgan fingerprint density at radius 3 is 1.33 bits per heavy atom. The molecule has 0 aromatic rings. The highest BCUT2D eigenvalue weighted by molar-refractivity contribution is 5.77. The molecule has 174 valence electrons. The smallest absolute Gasteiger partial charge is 0.362 e. The second-order valence-electron chi connectivity index (χ2n) is 8.29. The Hall–Kier alpha value is -1.89. The first kappa shape index (κ1) is 28.1. The predicted octanol–water partition coefficient (Wildman–Crippen LogP) is 5.05. The highest BCUT2D eigenvalue weighted by Crippen LogP contribution is 2.27. The molecule has 0 heterocycles. The SMILES string of the molecule is CCCCCCCCCCCC/C=C/[N+](C(C)C(=O)O)(C(C)C(=O)O)C(C)C(=O)O. The van der Waals surface area contributed by atoms with Crippen molar-refractivity contribution in [3.8, 4) is 0 Å².